The molecule has 1 saturated carbocycles. The zero-order valence-electron chi connectivity index (χ0n) is 11.7. The van der Waals surface area contributed by atoms with Crippen molar-refractivity contribution >= 4 is 12.0 Å². The van der Waals surface area contributed by atoms with Gasteiger partial charge in [0.1, 0.15) is 0 Å². The maximum Gasteiger partial charge on any atom is 0.315 e. The number of rotatable bonds is 4. The van der Waals surface area contributed by atoms with Gasteiger partial charge in [-0.15, -0.1) is 0 Å². The van der Waals surface area contributed by atoms with Crippen molar-refractivity contribution in [3.8, 4) is 0 Å². The summed E-state index contributed by atoms with van der Waals surface area (Å²) in [5.41, 5.74) is -0.716. The van der Waals surface area contributed by atoms with E-state index in [-0.39, 0.29) is 18.6 Å². The number of piperidine rings is 3. The van der Waals surface area contributed by atoms with E-state index in [1.54, 1.807) is 0 Å². The molecule has 4 rings (SSSR count). The largest absolute Gasteiger partial charge is 0.481 e. The van der Waals surface area contributed by atoms with Gasteiger partial charge in [-0.2, -0.15) is 0 Å². The standard InChI is InChI=1S/C14H23N3O3/c18-12(19)14(4-1-5-14)9-15-13(20)16-11-8-17-6-2-10(11)3-7-17/h10-11H,1-9H2,(H,18,19)(H2,15,16,20). The van der Waals surface area contributed by atoms with E-state index in [1.165, 1.54) is 0 Å². The molecule has 1 atom stereocenters. The Bertz CT molecular complexity index is 400. The third-order valence-electron chi connectivity index (χ3n) is 5.32. The third-order valence-corrected chi connectivity index (χ3v) is 5.32. The van der Waals surface area contributed by atoms with Gasteiger partial charge in [0.15, 0.2) is 0 Å². The number of hydrogen-bond acceptors (Lipinski definition) is 3. The van der Waals surface area contributed by atoms with Crippen molar-refractivity contribution in [2.45, 2.75) is 38.1 Å². The molecule has 4 aliphatic rings. The summed E-state index contributed by atoms with van der Waals surface area (Å²) in [5, 5.41) is 15.0. The molecule has 2 amide bonds. The summed E-state index contributed by atoms with van der Waals surface area (Å²) in [7, 11) is 0. The van der Waals surface area contributed by atoms with Crippen LogP contribution in [0, 0.1) is 11.3 Å². The summed E-state index contributed by atoms with van der Waals surface area (Å²) in [5.74, 6) is -0.199. The van der Waals surface area contributed by atoms with Crippen molar-refractivity contribution in [3.05, 3.63) is 0 Å². The molecule has 0 aromatic heterocycles. The molecule has 3 N–H and O–H groups in total. The minimum Gasteiger partial charge on any atom is -0.481 e. The van der Waals surface area contributed by atoms with Gasteiger partial charge in [0.2, 0.25) is 0 Å². The molecule has 0 spiro atoms. The smallest absolute Gasteiger partial charge is 0.315 e. The number of nitrogens with zero attached hydrogens (tertiary/aromatic N) is 1. The molecule has 4 fully saturated rings. The van der Waals surface area contributed by atoms with Gasteiger partial charge in [-0.05, 0) is 44.7 Å². The number of carbonyl (C=O) groups is 2. The van der Waals surface area contributed by atoms with Crippen LogP contribution in [0.25, 0.3) is 0 Å². The predicted octanol–water partition coefficient (Wildman–Crippen LogP) is 0.635. The molecule has 20 heavy (non-hydrogen) atoms. The first-order valence-electron chi connectivity index (χ1n) is 7.59. The molecular weight excluding hydrogens is 258 g/mol. The number of urea groups is 1. The zero-order valence-corrected chi connectivity index (χ0v) is 11.7. The molecule has 6 nitrogen and oxygen atoms in total. The van der Waals surface area contributed by atoms with E-state index >= 15 is 0 Å². The molecular formula is C14H23N3O3. The topological polar surface area (TPSA) is 81.7 Å². The Morgan fingerprint density at radius 1 is 1.25 bits per heavy atom. The lowest BCUT2D eigenvalue weighted by atomic mass is 9.69. The fraction of sp³-hybridized carbons (Fsp3) is 0.857. The van der Waals surface area contributed by atoms with E-state index in [4.69, 9.17) is 0 Å². The second-order valence-electron chi connectivity index (χ2n) is 6.51. The van der Waals surface area contributed by atoms with Gasteiger partial charge in [0.05, 0.1) is 5.41 Å². The molecule has 6 heteroatoms. The monoisotopic (exact) mass is 281 g/mol. The third kappa shape index (κ3) is 2.49. The highest BCUT2D eigenvalue weighted by Crippen LogP contribution is 2.40. The fourth-order valence-electron chi connectivity index (χ4n) is 3.67. The Morgan fingerprint density at radius 2 is 1.95 bits per heavy atom. The number of hydrogen-bond donors (Lipinski definition) is 3. The molecule has 0 aromatic carbocycles. The molecule has 112 valence electrons. The van der Waals surface area contributed by atoms with Crippen molar-refractivity contribution in [2.75, 3.05) is 26.2 Å². The Labute approximate surface area is 118 Å². The number of aliphatic carboxylic acids is 1. The van der Waals surface area contributed by atoms with Crippen LogP contribution >= 0.6 is 0 Å². The molecule has 3 aliphatic heterocycles. The molecule has 2 bridgehead atoms. The second-order valence-corrected chi connectivity index (χ2v) is 6.51. The maximum atomic E-state index is 12.0. The number of amides is 2. The number of carboxylic acid groups (broad SMARTS) is 1. The predicted molar refractivity (Wildman–Crippen MR) is 73.4 cm³/mol. The number of fused-ring (bicyclic) bond motifs is 3. The first-order valence-corrected chi connectivity index (χ1v) is 7.59. The normalized spacial score (nSPS) is 34.1. The van der Waals surface area contributed by atoms with Crippen molar-refractivity contribution in [1.82, 2.24) is 15.5 Å². The SMILES string of the molecule is O=C(NCC1(C(=O)O)CCC1)NC1CN2CCC1CC2. The molecule has 3 saturated heterocycles. The zero-order chi connectivity index (χ0) is 14.2. The second kappa shape index (κ2) is 5.24. The Hall–Kier alpha value is -1.30. The highest BCUT2D eigenvalue weighted by Gasteiger charge is 2.44. The van der Waals surface area contributed by atoms with Crippen LogP contribution in [-0.4, -0.2) is 54.2 Å². The van der Waals surface area contributed by atoms with Gasteiger partial charge in [0, 0.05) is 19.1 Å². The van der Waals surface area contributed by atoms with Crippen LogP contribution in [-0.2, 0) is 4.79 Å². The maximum absolute atomic E-state index is 12.0. The number of carbonyl (C=O) groups excluding carboxylic acids is 1. The van der Waals surface area contributed by atoms with Crippen LogP contribution in [0.5, 0.6) is 0 Å². The van der Waals surface area contributed by atoms with Crippen LogP contribution in [0.3, 0.4) is 0 Å². The van der Waals surface area contributed by atoms with Crippen LogP contribution in [0.4, 0.5) is 4.79 Å². The van der Waals surface area contributed by atoms with E-state index in [0.717, 1.165) is 38.9 Å². The van der Waals surface area contributed by atoms with Crippen molar-refractivity contribution in [3.63, 3.8) is 0 Å². The van der Waals surface area contributed by atoms with Crippen molar-refractivity contribution in [1.29, 1.82) is 0 Å². The minimum atomic E-state index is -0.785. The molecule has 0 aromatic rings. The number of nitrogens with one attached hydrogen (secondary N) is 2. The minimum absolute atomic E-state index is 0.212. The summed E-state index contributed by atoms with van der Waals surface area (Å²) in [6, 6.07) is 0.0101. The van der Waals surface area contributed by atoms with Gasteiger partial charge >= 0.3 is 12.0 Å². The Balaban J connectivity index is 1.47. The number of carboxylic acids is 1. The van der Waals surface area contributed by atoms with Crippen molar-refractivity contribution in [2.24, 2.45) is 11.3 Å². The quantitative estimate of drug-likeness (QED) is 0.706. The summed E-state index contributed by atoms with van der Waals surface area (Å²) in [6.45, 7) is 3.47. The molecule has 1 unspecified atom stereocenters. The summed E-state index contributed by atoms with van der Waals surface area (Å²) < 4.78 is 0. The first kappa shape index (κ1) is 13.7. The lowest BCUT2D eigenvalue weighted by molar-refractivity contribution is -0.153. The average molecular weight is 281 g/mol. The van der Waals surface area contributed by atoms with Crippen LogP contribution in [0.15, 0.2) is 0 Å². The van der Waals surface area contributed by atoms with E-state index in [1.807, 2.05) is 0 Å². The fourth-order valence-corrected chi connectivity index (χ4v) is 3.67. The van der Waals surface area contributed by atoms with Gasteiger partial charge in [-0.25, -0.2) is 4.79 Å². The van der Waals surface area contributed by atoms with E-state index in [0.29, 0.717) is 18.8 Å². The lowest BCUT2D eigenvalue weighted by Gasteiger charge is -2.45. The summed E-state index contributed by atoms with van der Waals surface area (Å²) >= 11 is 0. The van der Waals surface area contributed by atoms with Gasteiger partial charge in [-0.3, -0.25) is 4.79 Å². The summed E-state index contributed by atoms with van der Waals surface area (Å²) in [4.78, 5) is 25.6. The van der Waals surface area contributed by atoms with Gasteiger partial charge in [-0.1, -0.05) is 6.42 Å². The highest BCUT2D eigenvalue weighted by molar-refractivity contribution is 5.79. The van der Waals surface area contributed by atoms with E-state index in [2.05, 4.69) is 15.5 Å². The first-order chi connectivity index (χ1) is 9.59. The highest BCUT2D eigenvalue weighted by atomic mass is 16.4. The summed E-state index contributed by atoms with van der Waals surface area (Å²) in [6.07, 6.45) is 4.59. The Kier molecular flexibility index (Phi) is 3.58. The van der Waals surface area contributed by atoms with Gasteiger partial charge < -0.3 is 20.6 Å². The lowest BCUT2D eigenvalue weighted by Crippen LogP contribution is -2.59. The molecule has 0 radical (unpaired) electrons. The van der Waals surface area contributed by atoms with Crippen LogP contribution in [0.1, 0.15) is 32.1 Å². The van der Waals surface area contributed by atoms with Crippen molar-refractivity contribution < 1.29 is 14.7 Å². The van der Waals surface area contributed by atoms with Crippen LogP contribution < -0.4 is 10.6 Å². The average Bonchev–Trinajstić information content (AvgIpc) is 2.38. The van der Waals surface area contributed by atoms with Gasteiger partial charge in [0.25, 0.3) is 0 Å². The van der Waals surface area contributed by atoms with E-state index < -0.39 is 11.4 Å². The van der Waals surface area contributed by atoms with Crippen LogP contribution in [0.2, 0.25) is 0 Å². The van der Waals surface area contributed by atoms with E-state index in [9.17, 15) is 14.7 Å². The Morgan fingerprint density at radius 3 is 2.40 bits per heavy atom. The molecule has 3 heterocycles. The molecule has 1 aliphatic carbocycles.